The average Bonchev–Trinajstić information content (AvgIpc) is 2.38. The highest BCUT2D eigenvalue weighted by Crippen LogP contribution is 2.10. The van der Waals surface area contributed by atoms with Crippen LogP contribution in [0.4, 0.5) is 0 Å². The Morgan fingerprint density at radius 3 is 2.65 bits per heavy atom. The first kappa shape index (κ1) is 11.7. The summed E-state index contributed by atoms with van der Waals surface area (Å²) in [5.41, 5.74) is 1.36. The number of nitrogens with zero attached hydrogens (tertiary/aromatic N) is 2. The van der Waals surface area contributed by atoms with Crippen molar-refractivity contribution < 1.29 is 4.79 Å². The zero-order chi connectivity index (χ0) is 12.1. The summed E-state index contributed by atoms with van der Waals surface area (Å²) in [5.74, 6) is -0.122. The van der Waals surface area contributed by atoms with Crippen LogP contribution in [-0.4, -0.2) is 16.1 Å². The van der Waals surface area contributed by atoms with Crippen molar-refractivity contribution in [3.05, 3.63) is 58.3 Å². The molecule has 0 saturated carbocycles. The van der Waals surface area contributed by atoms with Crippen LogP contribution in [-0.2, 0) is 6.54 Å². The smallest absolute Gasteiger partial charge is 0.251 e. The molecule has 1 amide bonds. The van der Waals surface area contributed by atoms with Crippen LogP contribution in [0.25, 0.3) is 0 Å². The Hall–Kier alpha value is -1.75. The molecule has 0 radical (unpaired) electrons. The Balaban J connectivity index is 1.96. The van der Waals surface area contributed by atoms with Gasteiger partial charge in [-0.25, -0.2) is 0 Å². The molecule has 1 aromatic carbocycles. The molecule has 4 nitrogen and oxygen atoms in total. The Morgan fingerprint density at radius 1 is 1.24 bits per heavy atom. The molecule has 1 aromatic heterocycles. The molecule has 0 spiro atoms. The molecule has 5 heteroatoms. The predicted octanol–water partition coefficient (Wildman–Crippen LogP) is 2.17. The molecule has 0 aliphatic rings. The first-order valence-corrected chi connectivity index (χ1v) is 5.85. The van der Waals surface area contributed by atoms with Crippen LogP contribution in [0.5, 0.6) is 0 Å². The molecule has 2 aromatic rings. The van der Waals surface area contributed by atoms with E-state index in [1.54, 1.807) is 24.4 Å². The van der Waals surface area contributed by atoms with Crippen LogP contribution in [0.3, 0.4) is 0 Å². The fourth-order valence-electron chi connectivity index (χ4n) is 1.30. The molecule has 2 rings (SSSR count). The van der Waals surface area contributed by atoms with Crippen LogP contribution >= 0.6 is 15.9 Å². The van der Waals surface area contributed by atoms with Gasteiger partial charge in [-0.1, -0.05) is 15.9 Å². The molecular weight excluding hydrogens is 282 g/mol. The maximum Gasteiger partial charge on any atom is 0.251 e. The number of amides is 1. The number of aromatic nitrogens is 2. The summed E-state index contributed by atoms with van der Waals surface area (Å²) >= 11 is 3.32. The summed E-state index contributed by atoms with van der Waals surface area (Å²) in [5, 5.41) is 10.4. The van der Waals surface area contributed by atoms with Crippen molar-refractivity contribution in [2.75, 3.05) is 0 Å². The van der Waals surface area contributed by atoms with E-state index >= 15 is 0 Å². The third-order valence-corrected chi connectivity index (χ3v) is 2.69. The molecule has 0 aliphatic carbocycles. The van der Waals surface area contributed by atoms with Crippen molar-refractivity contribution in [3.63, 3.8) is 0 Å². The fraction of sp³-hybridized carbons (Fsp3) is 0.0833. The molecule has 0 fully saturated rings. The topological polar surface area (TPSA) is 54.9 Å². The summed E-state index contributed by atoms with van der Waals surface area (Å²) in [7, 11) is 0. The third kappa shape index (κ3) is 3.35. The maximum atomic E-state index is 11.8. The van der Waals surface area contributed by atoms with Crippen molar-refractivity contribution in [3.8, 4) is 0 Å². The minimum absolute atomic E-state index is 0.122. The van der Waals surface area contributed by atoms with Gasteiger partial charge in [-0.05, 0) is 36.4 Å². The van der Waals surface area contributed by atoms with E-state index in [0.717, 1.165) is 10.2 Å². The molecule has 86 valence electrons. The Morgan fingerprint density at radius 2 is 2.00 bits per heavy atom. The largest absolute Gasteiger partial charge is 0.346 e. The number of halogens is 1. The molecule has 0 atom stereocenters. The number of carbonyl (C=O) groups is 1. The van der Waals surface area contributed by atoms with Gasteiger partial charge in [0.1, 0.15) is 0 Å². The Kier molecular flexibility index (Phi) is 3.82. The standard InChI is InChI=1S/C12H10BrN3O/c13-10-5-3-9(4-6-10)12(17)14-8-11-2-1-7-15-16-11/h1-7H,8H2,(H,14,17). The summed E-state index contributed by atoms with van der Waals surface area (Å²) < 4.78 is 0.947. The minimum Gasteiger partial charge on any atom is -0.346 e. The highest BCUT2D eigenvalue weighted by Gasteiger charge is 2.04. The van der Waals surface area contributed by atoms with Crippen molar-refractivity contribution in [1.82, 2.24) is 15.5 Å². The van der Waals surface area contributed by atoms with Gasteiger partial charge < -0.3 is 5.32 Å². The van der Waals surface area contributed by atoms with E-state index in [2.05, 4.69) is 31.4 Å². The maximum absolute atomic E-state index is 11.8. The van der Waals surface area contributed by atoms with Gasteiger partial charge in [0.15, 0.2) is 0 Å². The molecule has 0 bridgehead atoms. The lowest BCUT2D eigenvalue weighted by atomic mass is 10.2. The Bertz CT molecular complexity index is 499. The SMILES string of the molecule is O=C(NCc1cccnn1)c1ccc(Br)cc1. The van der Waals surface area contributed by atoms with Crippen molar-refractivity contribution in [2.24, 2.45) is 0 Å². The Labute approximate surface area is 107 Å². The number of benzene rings is 1. The van der Waals surface area contributed by atoms with Gasteiger partial charge in [0.25, 0.3) is 5.91 Å². The van der Waals surface area contributed by atoms with Gasteiger partial charge in [0, 0.05) is 16.2 Å². The van der Waals surface area contributed by atoms with E-state index in [9.17, 15) is 4.79 Å². The van der Waals surface area contributed by atoms with Crippen LogP contribution in [0.1, 0.15) is 16.1 Å². The fourth-order valence-corrected chi connectivity index (χ4v) is 1.57. The van der Waals surface area contributed by atoms with Crippen molar-refractivity contribution >= 4 is 21.8 Å². The normalized spacial score (nSPS) is 9.94. The number of hydrogen-bond acceptors (Lipinski definition) is 3. The van der Waals surface area contributed by atoms with E-state index in [1.165, 1.54) is 0 Å². The van der Waals surface area contributed by atoms with E-state index in [1.807, 2.05) is 18.2 Å². The average molecular weight is 292 g/mol. The second-order valence-electron chi connectivity index (χ2n) is 3.40. The molecule has 1 heterocycles. The van der Waals surface area contributed by atoms with Gasteiger partial charge in [0.2, 0.25) is 0 Å². The van der Waals surface area contributed by atoms with Crippen molar-refractivity contribution in [1.29, 1.82) is 0 Å². The third-order valence-electron chi connectivity index (χ3n) is 2.16. The summed E-state index contributed by atoms with van der Waals surface area (Å²) in [6, 6.07) is 10.8. The van der Waals surface area contributed by atoms with Gasteiger partial charge in [-0.2, -0.15) is 10.2 Å². The zero-order valence-electron chi connectivity index (χ0n) is 8.93. The van der Waals surface area contributed by atoms with Crippen LogP contribution in [0.2, 0.25) is 0 Å². The number of rotatable bonds is 3. The molecule has 0 unspecified atom stereocenters. The van der Waals surface area contributed by atoms with Crippen LogP contribution in [0.15, 0.2) is 47.1 Å². The monoisotopic (exact) mass is 291 g/mol. The molecule has 0 saturated heterocycles. The highest BCUT2D eigenvalue weighted by molar-refractivity contribution is 9.10. The van der Waals surface area contributed by atoms with E-state index in [4.69, 9.17) is 0 Å². The number of nitrogens with one attached hydrogen (secondary N) is 1. The highest BCUT2D eigenvalue weighted by atomic mass is 79.9. The van der Waals surface area contributed by atoms with Crippen LogP contribution in [0, 0.1) is 0 Å². The van der Waals surface area contributed by atoms with Crippen LogP contribution < -0.4 is 5.32 Å². The summed E-state index contributed by atoms with van der Waals surface area (Å²) in [4.78, 5) is 11.8. The van der Waals surface area contributed by atoms with Gasteiger partial charge in [0.05, 0.1) is 12.2 Å². The van der Waals surface area contributed by atoms with Gasteiger partial charge >= 0.3 is 0 Å². The molecule has 0 aliphatic heterocycles. The number of carbonyl (C=O) groups excluding carboxylic acids is 1. The lowest BCUT2D eigenvalue weighted by Gasteiger charge is -2.04. The first-order valence-electron chi connectivity index (χ1n) is 5.06. The van der Waals surface area contributed by atoms with Gasteiger partial charge in [-0.3, -0.25) is 4.79 Å². The lowest BCUT2D eigenvalue weighted by molar-refractivity contribution is 0.0950. The number of hydrogen-bond donors (Lipinski definition) is 1. The van der Waals surface area contributed by atoms with E-state index in [-0.39, 0.29) is 5.91 Å². The molecule has 17 heavy (non-hydrogen) atoms. The summed E-state index contributed by atoms with van der Waals surface area (Å²) in [6.45, 7) is 0.378. The summed E-state index contributed by atoms with van der Waals surface area (Å²) in [6.07, 6.45) is 1.60. The molecule has 1 N–H and O–H groups in total. The molecular formula is C12H10BrN3O. The van der Waals surface area contributed by atoms with Gasteiger partial charge in [-0.15, -0.1) is 0 Å². The predicted molar refractivity (Wildman–Crippen MR) is 67.3 cm³/mol. The zero-order valence-corrected chi connectivity index (χ0v) is 10.5. The second kappa shape index (κ2) is 5.54. The quantitative estimate of drug-likeness (QED) is 0.943. The van der Waals surface area contributed by atoms with E-state index in [0.29, 0.717) is 12.1 Å². The minimum atomic E-state index is -0.122. The van der Waals surface area contributed by atoms with E-state index < -0.39 is 0 Å². The first-order chi connectivity index (χ1) is 8.25. The lowest BCUT2D eigenvalue weighted by Crippen LogP contribution is -2.23. The second-order valence-corrected chi connectivity index (χ2v) is 4.32. The van der Waals surface area contributed by atoms with Crippen molar-refractivity contribution in [2.45, 2.75) is 6.54 Å².